The van der Waals surface area contributed by atoms with E-state index in [9.17, 15) is 17.6 Å². The van der Waals surface area contributed by atoms with E-state index in [0.29, 0.717) is 0 Å². The molecule has 0 bridgehead atoms. The van der Waals surface area contributed by atoms with E-state index in [-0.39, 0.29) is 23.6 Å². The van der Waals surface area contributed by atoms with E-state index >= 15 is 0 Å². The van der Waals surface area contributed by atoms with Crippen molar-refractivity contribution >= 4 is 16.0 Å². The maximum absolute atomic E-state index is 13.8. The van der Waals surface area contributed by atoms with Gasteiger partial charge in [-0.2, -0.15) is 4.31 Å². The molecule has 2 atom stereocenters. The molecule has 26 heavy (non-hydrogen) atoms. The number of benzene rings is 1. The van der Waals surface area contributed by atoms with Crippen molar-refractivity contribution in [2.24, 2.45) is 0 Å². The molecule has 1 fully saturated rings. The summed E-state index contributed by atoms with van der Waals surface area (Å²) in [7, 11) is -2.80. The van der Waals surface area contributed by atoms with E-state index in [1.165, 1.54) is 49.8 Å². The van der Waals surface area contributed by atoms with Crippen molar-refractivity contribution in [1.29, 1.82) is 0 Å². The molecule has 0 spiro atoms. The van der Waals surface area contributed by atoms with Crippen LogP contribution in [0.2, 0.25) is 0 Å². The Hall–Kier alpha value is -2.52. The molecule has 9 heteroatoms. The fraction of sp³-hybridized carbons (Fsp3) is 0.294. The van der Waals surface area contributed by atoms with Crippen LogP contribution in [-0.2, 0) is 19.6 Å². The highest BCUT2D eigenvalue weighted by atomic mass is 32.2. The Kier molecular flexibility index (Phi) is 5.19. The van der Waals surface area contributed by atoms with Gasteiger partial charge in [-0.15, -0.1) is 0 Å². The van der Waals surface area contributed by atoms with Crippen molar-refractivity contribution < 1.29 is 27.1 Å². The van der Waals surface area contributed by atoms with Gasteiger partial charge in [0.1, 0.15) is 17.0 Å². The predicted octanol–water partition coefficient (Wildman–Crippen LogP) is 1.60. The van der Waals surface area contributed by atoms with Crippen LogP contribution in [0.3, 0.4) is 0 Å². The Labute approximate surface area is 150 Å². The zero-order valence-corrected chi connectivity index (χ0v) is 14.7. The first kappa shape index (κ1) is 18.3. The summed E-state index contributed by atoms with van der Waals surface area (Å²) in [6, 6.07) is 7.64. The van der Waals surface area contributed by atoms with Gasteiger partial charge in [0, 0.05) is 18.8 Å². The van der Waals surface area contributed by atoms with Crippen molar-refractivity contribution in [3.8, 4) is 5.75 Å². The molecule has 2 heterocycles. The molecule has 0 saturated carbocycles. The number of sulfonamides is 1. The van der Waals surface area contributed by atoms with Crippen molar-refractivity contribution in [3.05, 3.63) is 54.6 Å². The van der Waals surface area contributed by atoms with Gasteiger partial charge in [0.25, 0.3) is 0 Å². The smallest absolute Gasteiger partial charge is 0.324 e. The van der Waals surface area contributed by atoms with Crippen LogP contribution in [-0.4, -0.2) is 49.5 Å². The summed E-state index contributed by atoms with van der Waals surface area (Å²) in [5, 5.41) is 0. The summed E-state index contributed by atoms with van der Waals surface area (Å²) in [5.41, 5.74) is 0. The van der Waals surface area contributed by atoms with E-state index < -0.39 is 34.0 Å². The first-order valence-corrected chi connectivity index (χ1v) is 9.28. The van der Waals surface area contributed by atoms with Gasteiger partial charge >= 0.3 is 5.97 Å². The van der Waals surface area contributed by atoms with Crippen molar-refractivity contribution in [2.75, 3.05) is 13.7 Å². The van der Waals surface area contributed by atoms with Gasteiger partial charge in [-0.25, -0.2) is 12.8 Å². The summed E-state index contributed by atoms with van der Waals surface area (Å²) in [5.74, 6) is -1.26. The van der Waals surface area contributed by atoms with Crippen molar-refractivity contribution in [3.63, 3.8) is 0 Å². The van der Waals surface area contributed by atoms with Crippen LogP contribution < -0.4 is 4.74 Å². The molecule has 1 aliphatic rings. The molecule has 0 radical (unpaired) electrons. The number of nitrogens with zero attached hydrogens (tertiary/aromatic N) is 2. The maximum Gasteiger partial charge on any atom is 0.324 e. The number of para-hydroxylation sites is 1. The van der Waals surface area contributed by atoms with E-state index in [1.807, 2.05) is 0 Å². The number of rotatable bonds is 5. The van der Waals surface area contributed by atoms with E-state index in [4.69, 9.17) is 9.47 Å². The van der Waals surface area contributed by atoms with Gasteiger partial charge in [0.2, 0.25) is 10.0 Å². The summed E-state index contributed by atoms with van der Waals surface area (Å²) in [6.07, 6.45) is 2.02. The largest absolute Gasteiger partial charge is 0.486 e. The third-order valence-corrected chi connectivity index (χ3v) is 5.92. The minimum atomic E-state index is -3.98. The average molecular weight is 380 g/mol. The summed E-state index contributed by atoms with van der Waals surface area (Å²) in [6.45, 7) is -0.106. The number of aromatic nitrogens is 1. The quantitative estimate of drug-likeness (QED) is 0.733. The molecule has 0 unspecified atom stereocenters. The van der Waals surface area contributed by atoms with Gasteiger partial charge in [0.15, 0.2) is 11.6 Å². The molecule has 0 aliphatic carbocycles. The summed E-state index contributed by atoms with van der Waals surface area (Å²) in [4.78, 5) is 15.9. The number of halogens is 1. The number of hydrogen-bond acceptors (Lipinski definition) is 6. The van der Waals surface area contributed by atoms with Crippen LogP contribution in [0.1, 0.15) is 6.42 Å². The molecule has 0 N–H and O–H groups in total. The fourth-order valence-corrected chi connectivity index (χ4v) is 4.41. The number of methoxy groups -OCH3 is 1. The Morgan fingerprint density at radius 1 is 1.27 bits per heavy atom. The lowest BCUT2D eigenvalue weighted by Gasteiger charge is -2.21. The highest BCUT2D eigenvalue weighted by Gasteiger charge is 2.45. The molecule has 138 valence electrons. The molecule has 1 saturated heterocycles. The minimum Gasteiger partial charge on any atom is -0.486 e. The Balaban J connectivity index is 1.88. The fourth-order valence-electron chi connectivity index (χ4n) is 2.82. The number of ether oxygens (including phenoxy) is 2. The average Bonchev–Trinajstić information content (AvgIpc) is 3.08. The van der Waals surface area contributed by atoms with Crippen LogP contribution in [0.5, 0.6) is 5.75 Å². The van der Waals surface area contributed by atoms with Gasteiger partial charge in [-0.1, -0.05) is 12.1 Å². The molecule has 3 rings (SSSR count). The molecule has 1 aliphatic heterocycles. The zero-order valence-electron chi connectivity index (χ0n) is 13.9. The molecular formula is C17H17FN2O5S. The third-order valence-electron chi connectivity index (χ3n) is 4.06. The van der Waals surface area contributed by atoms with Gasteiger partial charge in [0.05, 0.1) is 13.7 Å². The van der Waals surface area contributed by atoms with E-state index in [2.05, 4.69) is 4.98 Å². The second-order valence-electron chi connectivity index (χ2n) is 5.71. The second kappa shape index (κ2) is 7.38. The van der Waals surface area contributed by atoms with Crippen LogP contribution in [0.4, 0.5) is 4.39 Å². The second-order valence-corrected chi connectivity index (χ2v) is 7.60. The monoisotopic (exact) mass is 380 g/mol. The first-order valence-electron chi connectivity index (χ1n) is 7.84. The van der Waals surface area contributed by atoms with Crippen LogP contribution in [0, 0.1) is 5.82 Å². The standard InChI is InChI=1S/C17H17FN2O5S/c1-24-17(21)15-9-12(25-16-7-3-2-6-14(16)18)11-20(15)26(22,23)13-5-4-8-19-10-13/h2-8,10,12,15H,9,11H2,1H3/t12-,15+/m1/s1. The predicted molar refractivity (Wildman–Crippen MR) is 89.4 cm³/mol. The van der Waals surface area contributed by atoms with Gasteiger partial charge < -0.3 is 9.47 Å². The summed E-state index contributed by atoms with van der Waals surface area (Å²) >= 11 is 0. The van der Waals surface area contributed by atoms with Gasteiger partial charge in [-0.05, 0) is 24.3 Å². The Morgan fingerprint density at radius 2 is 2.04 bits per heavy atom. The van der Waals surface area contributed by atoms with Crippen LogP contribution in [0.15, 0.2) is 53.7 Å². The Morgan fingerprint density at radius 3 is 2.69 bits per heavy atom. The van der Waals surface area contributed by atoms with Gasteiger partial charge in [-0.3, -0.25) is 9.78 Å². The van der Waals surface area contributed by atoms with Crippen LogP contribution in [0.25, 0.3) is 0 Å². The van der Waals surface area contributed by atoms with Crippen molar-refractivity contribution in [2.45, 2.75) is 23.5 Å². The molecule has 7 nitrogen and oxygen atoms in total. The number of carbonyl (C=O) groups is 1. The minimum absolute atomic E-state index is 0.00161. The van der Waals surface area contributed by atoms with E-state index in [0.717, 1.165) is 4.31 Å². The lowest BCUT2D eigenvalue weighted by molar-refractivity contribution is -0.144. The normalized spacial score (nSPS) is 20.7. The SMILES string of the molecule is COC(=O)[C@@H]1C[C@@H](Oc2ccccc2F)CN1S(=O)(=O)c1cccnc1. The van der Waals surface area contributed by atoms with Crippen molar-refractivity contribution in [1.82, 2.24) is 9.29 Å². The number of hydrogen-bond donors (Lipinski definition) is 0. The molecule has 2 aromatic rings. The molecule has 1 aromatic carbocycles. The molecule has 1 aromatic heterocycles. The lowest BCUT2D eigenvalue weighted by atomic mass is 10.2. The number of carbonyl (C=O) groups excluding carboxylic acids is 1. The third kappa shape index (κ3) is 3.54. The lowest BCUT2D eigenvalue weighted by Crippen LogP contribution is -2.41. The van der Waals surface area contributed by atoms with E-state index in [1.54, 1.807) is 6.07 Å². The Bertz CT molecular complexity index is 891. The number of pyridine rings is 1. The zero-order chi connectivity index (χ0) is 18.7. The topological polar surface area (TPSA) is 85.8 Å². The summed E-state index contributed by atoms with van der Waals surface area (Å²) < 4.78 is 50.9. The first-order chi connectivity index (χ1) is 12.4. The highest BCUT2D eigenvalue weighted by Crippen LogP contribution is 2.30. The number of esters is 1. The molecular weight excluding hydrogens is 363 g/mol. The maximum atomic E-state index is 13.8. The van der Waals surface area contributed by atoms with Crippen LogP contribution >= 0.6 is 0 Å². The molecule has 0 amide bonds. The highest BCUT2D eigenvalue weighted by molar-refractivity contribution is 7.89.